The fourth-order valence-corrected chi connectivity index (χ4v) is 5.57. The van der Waals surface area contributed by atoms with Crippen molar-refractivity contribution < 1.29 is 4.84 Å². The van der Waals surface area contributed by atoms with E-state index in [4.69, 9.17) is 33.0 Å². The molecule has 4 rings (SSSR count). The van der Waals surface area contributed by atoms with Crippen LogP contribution in [0.2, 0.25) is 10.0 Å². The number of hydrogen-bond donors (Lipinski definition) is 1. The molecule has 1 aromatic carbocycles. The van der Waals surface area contributed by atoms with Crippen LogP contribution in [0.5, 0.6) is 0 Å². The first-order valence-corrected chi connectivity index (χ1v) is 11.7. The van der Waals surface area contributed by atoms with Crippen LogP contribution in [0.25, 0.3) is 0 Å². The van der Waals surface area contributed by atoms with E-state index in [2.05, 4.69) is 35.6 Å². The summed E-state index contributed by atoms with van der Waals surface area (Å²) >= 11 is 15.5. The van der Waals surface area contributed by atoms with E-state index < -0.39 is 0 Å². The van der Waals surface area contributed by atoms with Gasteiger partial charge in [-0.1, -0.05) is 35.0 Å². The molecule has 0 amide bonds. The normalized spacial score (nSPS) is 16.3. The summed E-state index contributed by atoms with van der Waals surface area (Å²) in [6.07, 6.45) is 0. The number of aryl methyl sites for hydroxylation is 3. The topological polar surface area (TPSA) is 59.4 Å². The number of hydroxylamine groups is 1. The third-order valence-corrected chi connectivity index (χ3v) is 7.59. The van der Waals surface area contributed by atoms with Crippen LogP contribution in [-0.2, 0) is 4.84 Å². The molecule has 0 radical (unpaired) electrons. The maximum Gasteiger partial charge on any atom is 0.156 e. The van der Waals surface area contributed by atoms with Crippen molar-refractivity contribution in [1.82, 2.24) is 15.7 Å². The molecule has 0 aliphatic carbocycles. The molecular weight excluding hydrogens is 459 g/mol. The molecule has 3 heterocycles. The number of halogens is 2. The summed E-state index contributed by atoms with van der Waals surface area (Å²) < 4.78 is 0. The fraction of sp³-hybridized carbons (Fsp3) is 0.286. The van der Waals surface area contributed by atoms with E-state index in [9.17, 15) is 0 Å². The van der Waals surface area contributed by atoms with Gasteiger partial charge in [0.1, 0.15) is 17.7 Å². The number of thiophene rings is 1. The minimum atomic E-state index is -0.0677. The Morgan fingerprint density at radius 2 is 1.90 bits per heavy atom. The van der Waals surface area contributed by atoms with Crippen LogP contribution < -0.4 is 5.48 Å². The fourth-order valence-electron chi connectivity index (χ4n) is 3.25. The van der Waals surface area contributed by atoms with Gasteiger partial charge in [0.05, 0.1) is 21.3 Å². The molecule has 0 saturated carbocycles. The third-order valence-electron chi connectivity index (χ3n) is 4.90. The lowest BCUT2D eigenvalue weighted by molar-refractivity contribution is 0.0620. The standard InChI is InChI=1S/C21H20Cl2N4OS2/c1-10-7-15(13(4)29-10)18-9-28-27-20(24-18)19-11(2)12(3)25-26-21(19)30-14-5-6-16(22)17(23)8-14/h5-8,18H,9H2,1-4H3,(H,24,27)/t18-/m1/s1. The average Bonchev–Trinajstić information content (AvgIpc) is 3.06. The molecule has 2 aromatic heterocycles. The first-order valence-electron chi connectivity index (χ1n) is 9.33. The summed E-state index contributed by atoms with van der Waals surface area (Å²) in [6, 6.07) is 7.63. The van der Waals surface area contributed by atoms with Crippen LogP contribution in [0.1, 0.15) is 38.2 Å². The van der Waals surface area contributed by atoms with Crippen molar-refractivity contribution in [1.29, 1.82) is 0 Å². The first-order chi connectivity index (χ1) is 14.3. The number of hydrogen-bond acceptors (Lipinski definition) is 7. The Kier molecular flexibility index (Phi) is 6.36. The molecule has 0 spiro atoms. The summed E-state index contributed by atoms with van der Waals surface area (Å²) in [5.41, 5.74) is 6.93. The first kappa shape index (κ1) is 21.6. The van der Waals surface area contributed by atoms with Gasteiger partial charge < -0.3 is 0 Å². The lowest BCUT2D eigenvalue weighted by Crippen LogP contribution is -2.34. The van der Waals surface area contributed by atoms with E-state index in [-0.39, 0.29) is 6.04 Å². The maximum atomic E-state index is 6.19. The van der Waals surface area contributed by atoms with Crippen molar-refractivity contribution in [3.63, 3.8) is 0 Å². The van der Waals surface area contributed by atoms with Crippen molar-refractivity contribution >= 4 is 52.1 Å². The van der Waals surface area contributed by atoms with E-state index >= 15 is 0 Å². The predicted octanol–water partition coefficient (Wildman–Crippen LogP) is 6.25. The van der Waals surface area contributed by atoms with Crippen LogP contribution in [0.15, 0.2) is 39.2 Å². The second-order valence-electron chi connectivity index (χ2n) is 7.04. The number of aromatic nitrogens is 2. The Labute approximate surface area is 193 Å². The van der Waals surface area contributed by atoms with Gasteiger partial charge in [-0.3, -0.25) is 9.83 Å². The molecule has 1 N–H and O–H groups in total. The number of benzene rings is 1. The zero-order valence-corrected chi connectivity index (χ0v) is 20.1. The van der Waals surface area contributed by atoms with E-state index in [1.54, 1.807) is 17.4 Å². The van der Waals surface area contributed by atoms with Gasteiger partial charge in [-0.05, 0) is 63.1 Å². The van der Waals surface area contributed by atoms with Crippen molar-refractivity contribution in [3.8, 4) is 0 Å². The van der Waals surface area contributed by atoms with E-state index in [1.165, 1.54) is 27.1 Å². The highest BCUT2D eigenvalue weighted by atomic mass is 35.5. The number of rotatable bonds is 4. The van der Waals surface area contributed by atoms with Crippen molar-refractivity contribution in [2.75, 3.05) is 6.61 Å². The minimum Gasteiger partial charge on any atom is -0.272 e. The Balaban J connectivity index is 1.76. The van der Waals surface area contributed by atoms with Crippen LogP contribution >= 0.6 is 46.3 Å². The summed E-state index contributed by atoms with van der Waals surface area (Å²) in [4.78, 5) is 14.2. The lowest BCUT2D eigenvalue weighted by atomic mass is 10.1. The van der Waals surface area contributed by atoms with Gasteiger partial charge >= 0.3 is 0 Å². The van der Waals surface area contributed by atoms with E-state index in [0.717, 1.165) is 26.7 Å². The van der Waals surface area contributed by atoms with Gasteiger partial charge in [0.2, 0.25) is 0 Å². The molecule has 1 atom stereocenters. The second-order valence-corrected chi connectivity index (χ2v) is 10.4. The highest BCUT2D eigenvalue weighted by Crippen LogP contribution is 2.36. The quantitative estimate of drug-likeness (QED) is 0.479. The lowest BCUT2D eigenvalue weighted by Gasteiger charge is -2.24. The van der Waals surface area contributed by atoms with Gasteiger partial charge in [-0.2, -0.15) is 5.10 Å². The summed E-state index contributed by atoms with van der Waals surface area (Å²) in [5.74, 6) is 0.660. The largest absolute Gasteiger partial charge is 0.272 e. The van der Waals surface area contributed by atoms with Crippen LogP contribution in [-0.4, -0.2) is 22.6 Å². The Hall–Kier alpha value is -1.64. The van der Waals surface area contributed by atoms with Crippen molar-refractivity contribution in [3.05, 3.63) is 66.4 Å². The molecule has 9 heteroatoms. The van der Waals surface area contributed by atoms with Crippen LogP contribution in [0.3, 0.4) is 0 Å². The Morgan fingerprint density at radius 3 is 2.60 bits per heavy atom. The highest BCUT2D eigenvalue weighted by molar-refractivity contribution is 7.99. The molecule has 1 aliphatic rings. The van der Waals surface area contributed by atoms with Gasteiger partial charge in [0, 0.05) is 14.6 Å². The van der Waals surface area contributed by atoms with Gasteiger partial charge in [0.15, 0.2) is 5.84 Å². The summed E-state index contributed by atoms with van der Waals surface area (Å²) in [7, 11) is 0. The monoisotopic (exact) mass is 478 g/mol. The Morgan fingerprint density at radius 1 is 1.10 bits per heavy atom. The molecular formula is C21H20Cl2N4OS2. The predicted molar refractivity (Wildman–Crippen MR) is 124 cm³/mol. The smallest absolute Gasteiger partial charge is 0.156 e. The van der Waals surface area contributed by atoms with E-state index in [1.807, 2.05) is 26.0 Å². The number of nitrogens with one attached hydrogen (secondary N) is 1. The average molecular weight is 479 g/mol. The third kappa shape index (κ3) is 4.36. The molecule has 30 heavy (non-hydrogen) atoms. The second kappa shape index (κ2) is 8.85. The van der Waals surface area contributed by atoms with Crippen LogP contribution in [0, 0.1) is 27.7 Å². The number of amidine groups is 1. The van der Waals surface area contributed by atoms with Gasteiger partial charge in [0.25, 0.3) is 0 Å². The molecule has 0 bridgehead atoms. The molecule has 156 valence electrons. The molecule has 5 nitrogen and oxygen atoms in total. The highest BCUT2D eigenvalue weighted by Gasteiger charge is 2.25. The van der Waals surface area contributed by atoms with Gasteiger partial charge in [-0.25, -0.2) is 5.48 Å². The summed E-state index contributed by atoms with van der Waals surface area (Å²) in [5, 5.41) is 10.5. The SMILES string of the molecule is Cc1cc([C@H]2CONC(c3c(Sc4ccc(Cl)c(Cl)c4)nnc(C)c3C)=N2)c(C)s1. The molecule has 0 saturated heterocycles. The van der Waals surface area contributed by atoms with Gasteiger partial charge in [-0.15, -0.1) is 16.4 Å². The number of aliphatic imine (C=N–C) groups is 1. The van der Waals surface area contributed by atoms with Crippen molar-refractivity contribution in [2.24, 2.45) is 4.99 Å². The molecule has 0 fully saturated rings. The van der Waals surface area contributed by atoms with Crippen LogP contribution in [0.4, 0.5) is 0 Å². The molecule has 0 unspecified atom stereocenters. The number of nitrogens with zero attached hydrogens (tertiary/aromatic N) is 3. The molecule has 3 aromatic rings. The summed E-state index contributed by atoms with van der Waals surface area (Å²) in [6.45, 7) is 8.67. The minimum absolute atomic E-state index is 0.0677. The van der Waals surface area contributed by atoms with Crippen molar-refractivity contribution in [2.45, 2.75) is 43.7 Å². The zero-order valence-electron chi connectivity index (χ0n) is 16.9. The Bertz CT molecular complexity index is 1150. The van der Waals surface area contributed by atoms with E-state index in [0.29, 0.717) is 22.5 Å². The maximum absolute atomic E-state index is 6.19. The molecule has 1 aliphatic heterocycles. The zero-order chi connectivity index (χ0) is 21.4.